The summed E-state index contributed by atoms with van der Waals surface area (Å²) in [5, 5.41) is 5.50. The second-order valence-electron chi connectivity index (χ2n) is 7.23. The van der Waals surface area contributed by atoms with Crippen molar-refractivity contribution in [3.05, 3.63) is 101 Å². The number of rotatable bonds is 7. The van der Waals surface area contributed by atoms with Crippen LogP contribution in [0.3, 0.4) is 0 Å². The number of amides is 3. The first-order valence-electron chi connectivity index (χ1n) is 10.1. The number of carbonyl (C=O) groups is 3. The number of hydrogen-bond donors (Lipinski definition) is 2. The van der Waals surface area contributed by atoms with Gasteiger partial charge in [-0.25, -0.2) is 0 Å². The fraction of sp³-hybridized carbons (Fsp3) is 0.0800. The fourth-order valence-corrected chi connectivity index (χ4v) is 3.62. The lowest BCUT2D eigenvalue weighted by Gasteiger charge is -2.15. The van der Waals surface area contributed by atoms with E-state index in [9.17, 15) is 14.4 Å². The highest BCUT2D eigenvalue weighted by Crippen LogP contribution is 2.28. The van der Waals surface area contributed by atoms with Crippen molar-refractivity contribution in [2.45, 2.75) is 6.54 Å². The van der Waals surface area contributed by atoms with Crippen LogP contribution >= 0.6 is 11.6 Å². The maximum absolute atomic E-state index is 12.9. The Bertz CT molecular complexity index is 1260. The lowest BCUT2D eigenvalue weighted by molar-refractivity contribution is -0.138. The van der Waals surface area contributed by atoms with Gasteiger partial charge >= 0.3 is 0 Å². The van der Waals surface area contributed by atoms with Gasteiger partial charge in [-0.05, 0) is 35.9 Å². The summed E-state index contributed by atoms with van der Waals surface area (Å²) in [4.78, 5) is 39.3. The van der Waals surface area contributed by atoms with Gasteiger partial charge < -0.3 is 15.4 Å². The van der Waals surface area contributed by atoms with Crippen LogP contribution in [-0.4, -0.2) is 29.7 Å². The number of carbonyl (C=O) groups excluding carboxylic acids is 3. The zero-order valence-corrected chi connectivity index (χ0v) is 18.4. The molecule has 3 aromatic carbocycles. The zero-order chi connectivity index (χ0) is 23.4. The van der Waals surface area contributed by atoms with Gasteiger partial charge in [0, 0.05) is 11.3 Å². The van der Waals surface area contributed by atoms with Crippen LogP contribution in [0.4, 0.5) is 11.4 Å². The van der Waals surface area contributed by atoms with Gasteiger partial charge in [0.25, 0.3) is 17.7 Å². The van der Waals surface area contributed by atoms with Gasteiger partial charge in [-0.3, -0.25) is 19.3 Å². The molecule has 1 aliphatic heterocycles. The second-order valence-corrected chi connectivity index (χ2v) is 7.61. The smallest absolute Gasteiger partial charge is 0.279 e. The van der Waals surface area contributed by atoms with Gasteiger partial charge in [0.15, 0.2) is 0 Å². The van der Waals surface area contributed by atoms with E-state index < -0.39 is 11.8 Å². The number of imide groups is 1. The molecule has 7 nitrogen and oxygen atoms in total. The van der Waals surface area contributed by atoms with E-state index in [0.29, 0.717) is 22.7 Å². The van der Waals surface area contributed by atoms with E-state index in [2.05, 4.69) is 10.6 Å². The van der Waals surface area contributed by atoms with Crippen molar-refractivity contribution in [1.82, 2.24) is 4.90 Å². The summed E-state index contributed by atoms with van der Waals surface area (Å²) in [6.45, 7) is 0.112. The van der Waals surface area contributed by atoms with Crippen LogP contribution in [-0.2, 0) is 16.1 Å². The molecular weight excluding hydrogens is 442 g/mol. The van der Waals surface area contributed by atoms with E-state index in [4.69, 9.17) is 16.3 Å². The molecule has 4 rings (SSSR count). The summed E-state index contributed by atoms with van der Waals surface area (Å²) in [5.74, 6) is -0.927. The highest BCUT2D eigenvalue weighted by atomic mass is 35.5. The van der Waals surface area contributed by atoms with Gasteiger partial charge in [-0.15, -0.1) is 0 Å². The molecule has 166 valence electrons. The molecule has 3 amide bonds. The standard InChI is InChI=1S/C25H20ClN3O4/c1-33-20-13-6-5-12-19(20)28-23(30)17-10-7-11-18(14-17)27-22-21(26)24(31)29(25(22)32)15-16-8-3-2-4-9-16/h2-14,27H,15H2,1H3,(H,28,30). The normalized spacial score (nSPS) is 13.3. The first kappa shape index (κ1) is 22.1. The summed E-state index contributed by atoms with van der Waals surface area (Å²) in [6, 6.07) is 22.8. The molecule has 0 aliphatic carbocycles. The maximum atomic E-state index is 12.9. The van der Waals surface area contributed by atoms with Crippen molar-refractivity contribution in [1.29, 1.82) is 0 Å². The fourth-order valence-electron chi connectivity index (χ4n) is 3.39. The minimum absolute atomic E-state index is 0.0279. The van der Waals surface area contributed by atoms with Crippen molar-refractivity contribution in [2.75, 3.05) is 17.7 Å². The molecule has 2 N–H and O–H groups in total. The van der Waals surface area contributed by atoms with E-state index in [0.717, 1.165) is 10.5 Å². The predicted molar refractivity (Wildman–Crippen MR) is 126 cm³/mol. The minimum Gasteiger partial charge on any atom is -0.495 e. The molecule has 3 aromatic rings. The number of ether oxygens (including phenoxy) is 1. The summed E-state index contributed by atoms with van der Waals surface area (Å²) in [7, 11) is 1.52. The molecule has 0 aromatic heterocycles. The molecule has 1 aliphatic rings. The Kier molecular flexibility index (Phi) is 6.42. The van der Waals surface area contributed by atoms with Gasteiger partial charge in [0.05, 0.1) is 19.3 Å². The summed E-state index contributed by atoms with van der Waals surface area (Å²) in [6.07, 6.45) is 0. The highest BCUT2D eigenvalue weighted by molar-refractivity contribution is 6.48. The number of anilines is 2. The Balaban J connectivity index is 1.50. The first-order valence-corrected chi connectivity index (χ1v) is 10.5. The van der Waals surface area contributed by atoms with Crippen molar-refractivity contribution < 1.29 is 19.1 Å². The van der Waals surface area contributed by atoms with Crippen LogP contribution in [0.1, 0.15) is 15.9 Å². The average Bonchev–Trinajstić information content (AvgIpc) is 3.03. The molecule has 0 radical (unpaired) electrons. The van der Waals surface area contributed by atoms with Crippen molar-refractivity contribution >= 4 is 40.7 Å². The Morgan fingerprint density at radius 1 is 0.939 bits per heavy atom. The quantitative estimate of drug-likeness (QED) is 0.510. The monoisotopic (exact) mass is 461 g/mol. The van der Waals surface area contributed by atoms with Crippen LogP contribution in [0, 0.1) is 0 Å². The first-order chi connectivity index (χ1) is 16.0. The van der Waals surface area contributed by atoms with E-state index in [1.807, 2.05) is 30.3 Å². The van der Waals surface area contributed by atoms with Gasteiger partial charge in [-0.2, -0.15) is 0 Å². The molecule has 0 saturated carbocycles. The number of nitrogens with zero attached hydrogens (tertiary/aromatic N) is 1. The minimum atomic E-state index is -0.571. The van der Waals surface area contributed by atoms with E-state index >= 15 is 0 Å². The number of nitrogens with one attached hydrogen (secondary N) is 2. The third-order valence-electron chi connectivity index (χ3n) is 5.04. The summed E-state index contributed by atoms with van der Waals surface area (Å²) >= 11 is 6.19. The topological polar surface area (TPSA) is 87.7 Å². The average molecular weight is 462 g/mol. The van der Waals surface area contributed by atoms with Crippen LogP contribution in [0.15, 0.2) is 89.6 Å². The number of benzene rings is 3. The van der Waals surface area contributed by atoms with Crippen molar-refractivity contribution in [3.63, 3.8) is 0 Å². The number of para-hydroxylation sites is 2. The van der Waals surface area contributed by atoms with E-state index in [-0.39, 0.29) is 23.2 Å². The molecule has 0 saturated heterocycles. The van der Waals surface area contributed by atoms with E-state index in [1.165, 1.54) is 7.11 Å². The zero-order valence-electron chi connectivity index (χ0n) is 17.7. The molecule has 0 bridgehead atoms. The van der Waals surface area contributed by atoms with Crippen molar-refractivity contribution in [3.8, 4) is 5.75 Å². The number of hydrogen-bond acceptors (Lipinski definition) is 5. The van der Waals surface area contributed by atoms with E-state index in [1.54, 1.807) is 48.5 Å². The molecule has 0 atom stereocenters. The van der Waals surface area contributed by atoms with Gasteiger partial charge in [-0.1, -0.05) is 60.1 Å². The SMILES string of the molecule is COc1ccccc1NC(=O)c1cccc(NC2=C(Cl)C(=O)N(Cc3ccccc3)C2=O)c1. The number of halogens is 1. The van der Waals surface area contributed by atoms with Crippen LogP contribution in [0.25, 0.3) is 0 Å². The molecule has 0 spiro atoms. The van der Waals surface area contributed by atoms with Crippen LogP contribution < -0.4 is 15.4 Å². The summed E-state index contributed by atoms with van der Waals surface area (Å²) in [5.41, 5.74) is 2.10. The third kappa shape index (κ3) is 4.73. The molecule has 1 heterocycles. The third-order valence-corrected chi connectivity index (χ3v) is 5.39. The van der Waals surface area contributed by atoms with Crippen LogP contribution in [0.2, 0.25) is 0 Å². The molecule has 0 unspecified atom stereocenters. The molecular formula is C25H20ClN3O4. The molecule has 0 fully saturated rings. The predicted octanol–water partition coefficient (Wildman–Crippen LogP) is 4.38. The lowest BCUT2D eigenvalue weighted by Crippen LogP contribution is -2.31. The molecule has 33 heavy (non-hydrogen) atoms. The van der Waals surface area contributed by atoms with Crippen molar-refractivity contribution in [2.24, 2.45) is 0 Å². The maximum Gasteiger partial charge on any atom is 0.279 e. The molecule has 8 heteroatoms. The lowest BCUT2D eigenvalue weighted by atomic mass is 10.1. The van der Waals surface area contributed by atoms with Gasteiger partial charge in [0.1, 0.15) is 16.5 Å². The Labute approximate surface area is 195 Å². The van der Waals surface area contributed by atoms with Crippen LogP contribution in [0.5, 0.6) is 5.75 Å². The summed E-state index contributed by atoms with van der Waals surface area (Å²) < 4.78 is 5.26. The largest absolute Gasteiger partial charge is 0.495 e. The second kappa shape index (κ2) is 9.58. The Hall–Kier alpha value is -4.10. The van der Waals surface area contributed by atoms with Gasteiger partial charge in [0.2, 0.25) is 0 Å². The number of methoxy groups -OCH3 is 1. The Morgan fingerprint density at radius 3 is 2.42 bits per heavy atom. The highest BCUT2D eigenvalue weighted by Gasteiger charge is 2.37. The Morgan fingerprint density at radius 2 is 1.67 bits per heavy atom.